The van der Waals surface area contributed by atoms with Crippen molar-refractivity contribution in [2.24, 2.45) is 0 Å². The lowest BCUT2D eigenvalue weighted by molar-refractivity contribution is 0.388. The number of epoxide rings is 2. The minimum absolute atomic E-state index is 0.654. The number of ether oxygens (including phenoxy) is 2. The van der Waals surface area contributed by atoms with E-state index in [1.54, 1.807) is 0 Å². The third-order valence-corrected chi connectivity index (χ3v) is 3.56. The lowest BCUT2D eigenvalue weighted by Gasteiger charge is -1.93. The van der Waals surface area contributed by atoms with Crippen molar-refractivity contribution in [3.8, 4) is 0 Å². The molecule has 0 saturated carbocycles. The van der Waals surface area contributed by atoms with Crippen LogP contribution in [0.4, 0.5) is 0 Å². The molecule has 2 heteroatoms. The molecule has 2 saturated heterocycles. The third kappa shape index (κ3) is 11.0. The summed E-state index contributed by atoms with van der Waals surface area (Å²) in [6, 6.07) is 0. The summed E-state index contributed by atoms with van der Waals surface area (Å²) in [7, 11) is 0. The molecule has 0 N–H and O–H groups in total. The summed E-state index contributed by atoms with van der Waals surface area (Å²) in [6.07, 6.45) is 14.9. The normalized spacial score (nSPS) is 24.3. The molecule has 2 fully saturated rings. The van der Waals surface area contributed by atoms with Gasteiger partial charge in [0.15, 0.2) is 0 Å². The number of unbranched alkanes of at least 4 members (excludes halogenated alkanes) is 6. The fourth-order valence-corrected chi connectivity index (χ4v) is 2.07. The highest BCUT2D eigenvalue weighted by Gasteiger charge is 2.21. The smallest absolute Gasteiger partial charge is 0.0810 e. The van der Waals surface area contributed by atoms with E-state index in [2.05, 4.69) is 13.8 Å². The van der Waals surface area contributed by atoms with Gasteiger partial charge >= 0.3 is 0 Å². The van der Waals surface area contributed by atoms with Gasteiger partial charge in [0.05, 0.1) is 25.4 Å². The van der Waals surface area contributed by atoms with Crippen LogP contribution in [0.3, 0.4) is 0 Å². The van der Waals surface area contributed by atoms with Crippen molar-refractivity contribution in [2.75, 3.05) is 13.2 Å². The molecule has 0 radical (unpaired) electrons. The van der Waals surface area contributed by atoms with E-state index in [0.29, 0.717) is 12.2 Å². The largest absolute Gasteiger partial charge is 0.373 e. The van der Waals surface area contributed by atoms with Crippen molar-refractivity contribution < 1.29 is 9.47 Å². The first-order valence-corrected chi connectivity index (χ1v) is 8.10. The topological polar surface area (TPSA) is 25.1 Å². The third-order valence-electron chi connectivity index (χ3n) is 3.56. The molecule has 2 atom stereocenters. The average molecular weight is 256 g/mol. The highest BCUT2D eigenvalue weighted by molar-refractivity contribution is 4.68. The molecule has 2 aliphatic rings. The Hall–Kier alpha value is -0.0800. The van der Waals surface area contributed by atoms with Crippen molar-refractivity contribution in [1.82, 2.24) is 0 Å². The van der Waals surface area contributed by atoms with Crippen molar-refractivity contribution in [1.29, 1.82) is 0 Å². The molecule has 2 rings (SSSR count). The Morgan fingerprint density at radius 2 is 1.06 bits per heavy atom. The molecule has 0 aliphatic carbocycles. The van der Waals surface area contributed by atoms with Gasteiger partial charge in [-0.25, -0.2) is 0 Å². The molecule has 0 aromatic rings. The predicted molar refractivity (Wildman–Crippen MR) is 77.0 cm³/mol. The Bertz CT molecular complexity index is 154. The van der Waals surface area contributed by atoms with E-state index in [1.165, 1.54) is 64.2 Å². The standard InChI is InChI=1S/2C8H16O/c2*1-2-3-4-5-6-8-7-9-8/h2*8H,2-7H2,1H3. The van der Waals surface area contributed by atoms with Crippen molar-refractivity contribution in [2.45, 2.75) is 90.3 Å². The van der Waals surface area contributed by atoms with Crippen LogP contribution in [0.1, 0.15) is 78.1 Å². The van der Waals surface area contributed by atoms with E-state index >= 15 is 0 Å². The SMILES string of the molecule is CCCCCCC1CO1.CCCCCCC1CO1. The van der Waals surface area contributed by atoms with Crippen LogP contribution in [0.15, 0.2) is 0 Å². The van der Waals surface area contributed by atoms with Gasteiger partial charge in [0.25, 0.3) is 0 Å². The average Bonchev–Trinajstić information content (AvgIpc) is 3.26. The minimum atomic E-state index is 0.654. The summed E-state index contributed by atoms with van der Waals surface area (Å²) < 4.78 is 10.2. The molecule has 2 nitrogen and oxygen atoms in total. The zero-order chi connectivity index (χ0) is 13.1. The van der Waals surface area contributed by atoms with Crippen molar-refractivity contribution >= 4 is 0 Å². The zero-order valence-corrected chi connectivity index (χ0v) is 12.5. The van der Waals surface area contributed by atoms with E-state index < -0.39 is 0 Å². The van der Waals surface area contributed by atoms with Crippen LogP contribution in [-0.2, 0) is 9.47 Å². The van der Waals surface area contributed by atoms with E-state index in [4.69, 9.17) is 9.47 Å². The van der Waals surface area contributed by atoms with Gasteiger partial charge in [-0.1, -0.05) is 65.2 Å². The Morgan fingerprint density at radius 3 is 1.33 bits per heavy atom. The molecule has 108 valence electrons. The maximum atomic E-state index is 5.09. The molecule has 0 amide bonds. The molecule has 0 aromatic carbocycles. The molecule has 2 aliphatic heterocycles. The Kier molecular flexibility index (Phi) is 9.59. The van der Waals surface area contributed by atoms with Gasteiger partial charge in [0, 0.05) is 0 Å². The summed E-state index contributed by atoms with van der Waals surface area (Å²) in [6.45, 7) is 6.56. The summed E-state index contributed by atoms with van der Waals surface area (Å²) in [4.78, 5) is 0. The fourth-order valence-electron chi connectivity index (χ4n) is 2.07. The lowest BCUT2D eigenvalue weighted by Crippen LogP contribution is -1.84. The summed E-state index contributed by atoms with van der Waals surface area (Å²) in [5.74, 6) is 0. The van der Waals surface area contributed by atoms with E-state index in [9.17, 15) is 0 Å². The molecule has 0 bridgehead atoms. The summed E-state index contributed by atoms with van der Waals surface area (Å²) in [5, 5.41) is 0. The second-order valence-electron chi connectivity index (χ2n) is 5.61. The Balaban J connectivity index is 0.000000180. The summed E-state index contributed by atoms with van der Waals surface area (Å²) >= 11 is 0. The van der Waals surface area contributed by atoms with Crippen LogP contribution < -0.4 is 0 Å². The van der Waals surface area contributed by atoms with Crippen LogP contribution in [0.2, 0.25) is 0 Å². The maximum absolute atomic E-state index is 5.09. The van der Waals surface area contributed by atoms with Crippen LogP contribution in [0.25, 0.3) is 0 Å². The minimum Gasteiger partial charge on any atom is -0.373 e. The first-order valence-electron chi connectivity index (χ1n) is 8.10. The van der Waals surface area contributed by atoms with Crippen molar-refractivity contribution in [3.63, 3.8) is 0 Å². The first kappa shape index (κ1) is 16.0. The van der Waals surface area contributed by atoms with Gasteiger partial charge in [0.1, 0.15) is 0 Å². The quantitative estimate of drug-likeness (QED) is 0.418. The number of hydrogen-bond acceptors (Lipinski definition) is 2. The van der Waals surface area contributed by atoms with Crippen LogP contribution in [0, 0.1) is 0 Å². The van der Waals surface area contributed by atoms with E-state index in [0.717, 1.165) is 13.2 Å². The second-order valence-corrected chi connectivity index (χ2v) is 5.61. The first-order chi connectivity index (χ1) is 8.86. The maximum Gasteiger partial charge on any atom is 0.0810 e. The predicted octanol–water partition coefficient (Wildman–Crippen LogP) is 4.71. The molecular formula is C16H32O2. The molecule has 18 heavy (non-hydrogen) atoms. The van der Waals surface area contributed by atoms with E-state index in [1.807, 2.05) is 0 Å². The monoisotopic (exact) mass is 256 g/mol. The van der Waals surface area contributed by atoms with Gasteiger partial charge < -0.3 is 9.47 Å². The number of rotatable bonds is 10. The highest BCUT2D eigenvalue weighted by Crippen LogP contribution is 2.17. The molecule has 0 spiro atoms. The fraction of sp³-hybridized carbons (Fsp3) is 1.00. The zero-order valence-electron chi connectivity index (χ0n) is 12.5. The van der Waals surface area contributed by atoms with Gasteiger partial charge in [0.2, 0.25) is 0 Å². The second kappa shape index (κ2) is 10.8. The van der Waals surface area contributed by atoms with Gasteiger partial charge in [-0.3, -0.25) is 0 Å². The summed E-state index contributed by atoms with van der Waals surface area (Å²) in [5.41, 5.74) is 0. The van der Waals surface area contributed by atoms with Crippen LogP contribution in [-0.4, -0.2) is 25.4 Å². The number of hydrogen-bond donors (Lipinski definition) is 0. The van der Waals surface area contributed by atoms with Gasteiger partial charge in [-0.05, 0) is 12.8 Å². The molecule has 0 aromatic heterocycles. The Labute approximate surface area is 113 Å². The van der Waals surface area contributed by atoms with Crippen LogP contribution >= 0.6 is 0 Å². The molecule has 2 heterocycles. The van der Waals surface area contributed by atoms with Gasteiger partial charge in [-0.15, -0.1) is 0 Å². The lowest BCUT2D eigenvalue weighted by atomic mass is 10.1. The van der Waals surface area contributed by atoms with Crippen LogP contribution in [0.5, 0.6) is 0 Å². The van der Waals surface area contributed by atoms with E-state index in [-0.39, 0.29) is 0 Å². The molecule has 2 unspecified atom stereocenters. The van der Waals surface area contributed by atoms with Gasteiger partial charge in [-0.2, -0.15) is 0 Å². The molecular weight excluding hydrogens is 224 g/mol. The van der Waals surface area contributed by atoms with Crippen molar-refractivity contribution in [3.05, 3.63) is 0 Å². The highest BCUT2D eigenvalue weighted by atomic mass is 16.6. The Morgan fingerprint density at radius 1 is 0.667 bits per heavy atom.